The van der Waals surface area contributed by atoms with Crippen LogP contribution in [0.3, 0.4) is 0 Å². The second-order valence-corrected chi connectivity index (χ2v) is 3.66. The molecule has 1 unspecified atom stereocenters. The first-order valence-electron chi connectivity index (χ1n) is 5.28. The summed E-state index contributed by atoms with van der Waals surface area (Å²) in [7, 11) is 0. The molecule has 0 radical (unpaired) electrons. The van der Waals surface area contributed by atoms with E-state index in [0.29, 0.717) is 0 Å². The number of nitrogens with one attached hydrogen (secondary N) is 1. The molecule has 0 aromatic heterocycles. The Morgan fingerprint density at radius 3 is 2.71 bits per heavy atom. The third-order valence-corrected chi connectivity index (χ3v) is 2.44. The Balaban J connectivity index is 2.23. The average Bonchev–Trinajstić information content (AvgIpc) is 2.32. The van der Waals surface area contributed by atoms with Gasteiger partial charge in [0.2, 0.25) is 0 Å². The Bertz CT molecular complexity index is 489. The van der Waals surface area contributed by atoms with Gasteiger partial charge in [-0.05, 0) is 17.2 Å². The van der Waals surface area contributed by atoms with Crippen molar-refractivity contribution in [3.63, 3.8) is 0 Å². The first-order valence-corrected chi connectivity index (χ1v) is 5.28. The smallest absolute Gasteiger partial charge is 0.158 e. The number of nitrogens with zero attached hydrogens (tertiary/aromatic N) is 1. The van der Waals surface area contributed by atoms with E-state index in [2.05, 4.69) is 5.43 Å². The third kappa shape index (κ3) is 3.04. The molecule has 1 aromatic rings. The molecule has 86 valence electrons. The molecule has 4 heteroatoms. The van der Waals surface area contributed by atoms with Gasteiger partial charge in [-0.2, -0.15) is 0 Å². The van der Waals surface area contributed by atoms with Crippen LogP contribution in [0.1, 0.15) is 5.56 Å². The van der Waals surface area contributed by atoms with Gasteiger partial charge in [0, 0.05) is 0 Å². The predicted octanol–water partition coefficient (Wildman–Crippen LogP) is 2.35. The van der Waals surface area contributed by atoms with E-state index in [1.165, 1.54) is 0 Å². The number of allylic oxidation sites excluding steroid dienone is 2. The van der Waals surface area contributed by atoms with E-state index in [0.717, 1.165) is 11.1 Å². The second kappa shape index (κ2) is 5.12. The molecule has 0 aliphatic heterocycles. The fourth-order valence-corrected chi connectivity index (χ4v) is 1.67. The Kier molecular flexibility index (Phi) is 3.35. The molecule has 4 nitrogen and oxygen atoms in total. The van der Waals surface area contributed by atoms with Crippen molar-refractivity contribution in [2.45, 2.75) is 6.04 Å². The third-order valence-electron chi connectivity index (χ3n) is 2.44. The molecule has 1 aliphatic rings. The molecule has 0 bridgehead atoms. The van der Waals surface area contributed by atoms with Gasteiger partial charge in [0.1, 0.15) is 6.04 Å². The molecule has 1 aromatic carbocycles. The fraction of sp³-hybridized carbons (Fsp3) is 0.0769. The quantitative estimate of drug-likeness (QED) is 0.638. The largest absolute Gasteiger partial charge is 0.235 e. The number of rotatable bonds is 3. The highest BCUT2D eigenvalue weighted by atomic mass is 16.7. The minimum absolute atomic E-state index is 0.379. The lowest BCUT2D eigenvalue weighted by Gasteiger charge is -2.13. The molecule has 0 spiro atoms. The highest BCUT2D eigenvalue weighted by molar-refractivity contribution is 5.59. The lowest BCUT2D eigenvalue weighted by molar-refractivity contribution is -0.547. The summed E-state index contributed by atoms with van der Waals surface area (Å²) in [5.74, 6) is 0. The molecule has 17 heavy (non-hydrogen) atoms. The summed E-state index contributed by atoms with van der Waals surface area (Å²) >= 11 is 0. The zero-order valence-electron chi connectivity index (χ0n) is 9.11. The van der Waals surface area contributed by atoms with Crippen molar-refractivity contribution in [1.29, 1.82) is 0 Å². The summed E-state index contributed by atoms with van der Waals surface area (Å²) in [6.07, 6.45) is 9.23. The topological polar surface area (TPSA) is 55.2 Å². The standard InChI is InChI=1S/C13H12N2O2/c16-15(17)14-13-9-5-4-8-12(13)10-11-6-2-1-3-7-11/h1-10,13-14H. The molecule has 1 atom stereocenters. The van der Waals surface area contributed by atoms with Crippen LogP contribution in [0, 0.1) is 10.1 Å². The molecule has 0 amide bonds. The lowest BCUT2D eigenvalue weighted by Crippen LogP contribution is -2.34. The second-order valence-electron chi connectivity index (χ2n) is 3.66. The number of benzene rings is 1. The van der Waals surface area contributed by atoms with E-state index in [4.69, 9.17) is 0 Å². The summed E-state index contributed by atoms with van der Waals surface area (Å²) < 4.78 is 0. The van der Waals surface area contributed by atoms with Crippen LogP contribution < -0.4 is 5.43 Å². The van der Waals surface area contributed by atoms with Crippen molar-refractivity contribution in [2.75, 3.05) is 0 Å². The van der Waals surface area contributed by atoms with Gasteiger partial charge in [-0.3, -0.25) is 0 Å². The van der Waals surface area contributed by atoms with Gasteiger partial charge in [0.05, 0.1) is 0 Å². The predicted molar refractivity (Wildman–Crippen MR) is 66.6 cm³/mol. The maximum absolute atomic E-state index is 10.5. The number of hydrogen-bond donors (Lipinski definition) is 1. The van der Waals surface area contributed by atoms with Crippen molar-refractivity contribution in [3.05, 3.63) is 75.9 Å². The van der Waals surface area contributed by atoms with Crippen molar-refractivity contribution in [1.82, 2.24) is 5.43 Å². The van der Waals surface area contributed by atoms with Gasteiger partial charge < -0.3 is 0 Å². The van der Waals surface area contributed by atoms with Crippen LogP contribution in [0.25, 0.3) is 6.08 Å². The summed E-state index contributed by atoms with van der Waals surface area (Å²) in [5, 5.41) is 9.95. The molecule has 1 N–H and O–H groups in total. The van der Waals surface area contributed by atoms with Gasteiger partial charge in [-0.15, -0.1) is 5.43 Å². The van der Waals surface area contributed by atoms with E-state index in [9.17, 15) is 10.1 Å². The summed E-state index contributed by atoms with van der Waals surface area (Å²) in [4.78, 5) is 10.5. The van der Waals surface area contributed by atoms with E-state index in [1.807, 2.05) is 48.6 Å². The first-order chi connectivity index (χ1) is 8.25. The monoisotopic (exact) mass is 228 g/mol. The minimum Gasteiger partial charge on any atom is -0.235 e. The van der Waals surface area contributed by atoms with E-state index < -0.39 is 5.03 Å². The molecular formula is C13H12N2O2. The highest BCUT2D eigenvalue weighted by Gasteiger charge is 2.15. The Labute approximate surface area is 99.1 Å². The average molecular weight is 228 g/mol. The number of hydrogen-bond acceptors (Lipinski definition) is 2. The Morgan fingerprint density at radius 2 is 2.00 bits per heavy atom. The van der Waals surface area contributed by atoms with Crippen LogP contribution in [0.5, 0.6) is 0 Å². The van der Waals surface area contributed by atoms with Crippen molar-refractivity contribution in [3.8, 4) is 0 Å². The SMILES string of the molecule is O=[N+]([O-])NC1C=CC=CC1=Cc1ccccc1. The highest BCUT2D eigenvalue weighted by Crippen LogP contribution is 2.15. The molecule has 0 heterocycles. The molecule has 1 aliphatic carbocycles. The molecule has 2 rings (SSSR count). The van der Waals surface area contributed by atoms with Crippen LogP contribution >= 0.6 is 0 Å². The zero-order chi connectivity index (χ0) is 12.1. The van der Waals surface area contributed by atoms with E-state index in [1.54, 1.807) is 12.2 Å². The van der Waals surface area contributed by atoms with Crippen molar-refractivity contribution in [2.24, 2.45) is 0 Å². The van der Waals surface area contributed by atoms with Crippen LogP contribution in [0.15, 0.2) is 60.2 Å². The Hall–Kier alpha value is -2.36. The first kappa shape index (κ1) is 11.1. The maximum atomic E-state index is 10.5. The number of nitro groups is 1. The summed E-state index contributed by atoms with van der Waals surface area (Å²) in [6.45, 7) is 0. The number of hydrazine groups is 1. The lowest BCUT2D eigenvalue weighted by atomic mass is 10.00. The van der Waals surface area contributed by atoms with E-state index >= 15 is 0 Å². The maximum Gasteiger partial charge on any atom is 0.158 e. The Morgan fingerprint density at radius 1 is 1.24 bits per heavy atom. The van der Waals surface area contributed by atoms with Crippen LogP contribution in [0.2, 0.25) is 0 Å². The zero-order valence-corrected chi connectivity index (χ0v) is 9.11. The summed E-state index contributed by atoms with van der Waals surface area (Å²) in [5.41, 5.74) is 4.16. The fourth-order valence-electron chi connectivity index (χ4n) is 1.67. The van der Waals surface area contributed by atoms with Gasteiger partial charge in [0.25, 0.3) is 0 Å². The van der Waals surface area contributed by atoms with Gasteiger partial charge in [-0.1, -0.05) is 54.6 Å². The van der Waals surface area contributed by atoms with Gasteiger partial charge in [-0.25, -0.2) is 10.1 Å². The van der Waals surface area contributed by atoms with Gasteiger partial charge >= 0.3 is 0 Å². The van der Waals surface area contributed by atoms with Gasteiger partial charge in [0.15, 0.2) is 5.03 Å². The summed E-state index contributed by atoms with van der Waals surface area (Å²) in [6, 6.07) is 9.35. The van der Waals surface area contributed by atoms with Crippen LogP contribution in [-0.2, 0) is 0 Å². The molecular weight excluding hydrogens is 216 g/mol. The van der Waals surface area contributed by atoms with E-state index in [-0.39, 0.29) is 6.04 Å². The van der Waals surface area contributed by atoms with Crippen molar-refractivity contribution >= 4 is 6.08 Å². The van der Waals surface area contributed by atoms with Crippen molar-refractivity contribution < 1.29 is 5.03 Å². The molecule has 0 saturated heterocycles. The van der Waals surface area contributed by atoms with Crippen LogP contribution in [-0.4, -0.2) is 11.1 Å². The molecule has 0 saturated carbocycles. The molecule has 0 fully saturated rings. The van der Waals surface area contributed by atoms with Crippen LogP contribution in [0.4, 0.5) is 0 Å². The normalized spacial score (nSPS) is 20.5. The minimum atomic E-state index is -0.521.